The third-order valence-corrected chi connectivity index (χ3v) is 1.86. The molecule has 0 aliphatic heterocycles. The highest BCUT2D eigenvalue weighted by molar-refractivity contribution is 7.72. The largest absolute Gasteiger partial charge is 0.227 e. The molecule has 0 fully saturated rings. The lowest BCUT2D eigenvalue weighted by molar-refractivity contribution is 0.614. The fraction of sp³-hybridized carbons (Fsp3) is 0. The van der Waals surface area contributed by atoms with Gasteiger partial charge in [-0.2, -0.15) is 0 Å². The van der Waals surface area contributed by atoms with Gasteiger partial charge in [-0.05, 0) is 18.2 Å². The van der Waals surface area contributed by atoms with E-state index in [1.807, 2.05) is 0 Å². The van der Waals surface area contributed by atoms with Crippen molar-refractivity contribution in [2.45, 2.75) is 4.90 Å². The molecule has 1 radical (unpaired) electrons. The zero-order chi connectivity index (χ0) is 7.56. The number of hydrogen-bond donors (Lipinski definition) is 1. The normalized spacial score (nSPS) is 10.2. The highest BCUT2D eigenvalue weighted by atomic mass is 35.5. The van der Waals surface area contributed by atoms with Crippen molar-refractivity contribution in [1.82, 2.24) is 0 Å². The Hall–Kier alpha value is -0.540. The SMILES string of the molecule is O=[SH](=O)c1[c]cc(Cl)cc1. The van der Waals surface area contributed by atoms with Crippen LogP contribution in [-0.4, -0.2) is 8.42 Å². The fourth-order valence-electron chi connectivity index (χ4n) is 0.511. The minimum atomic E-state index is -2.52. The van der Waals surface area contributed by atoms with Crippen LogP contribution >= 0.6 is 11.6 Å². The van der Waals surface area contributed by atoms with Crippen LogP contribution in [0.4, 0.5) is 0 Å². The van der Waals surface area contributed by atoms with E-state index in [1.165, 1.54) is 18.2 Å². The van der Waals surface area contributed by atoms with Gasteiger partial charge in [-0.1, -0.05) is 11.6 Å². The molecule has 0 heterocycles. The highest BCUT2D eigenvalue weighted by Crippen LogP contribution is 2.08. The van der Waals surface area contributed by atoms with Gasteiger partial charge in [-0.3, -0.25) is 0 Å². The Kier molecular flexibility index (Phi) is 2.29. The Balaban J connectivity index is 3.12. The maximum Gasteiger partial charge on any atom is 0.168 e. The molecule has 53 valence electrons. The van der Waals surface area contributed by atoms with Crippen LogP contribution in [0.5, 0.6) is 0 Å². The molecule has 2 nitrogen and oxygen atoms in total. The van der Waals surface area contributed by atoms with Crippen LogP contribution in [-0.2, 0) is 10.7 Å². The molecule has 0 aromatic heterocycles. The molecule has 4 heteroatoms. The second-order valence-electron chi connectivity index (χ2n) is 1.65. The molecule has 1 aromatic rings. The molecule has 0 spiro atoms. The third kappa shape index (κ3) is 1.72. The molecule has 0 saturated heterocycles. The van der Waals surface area contributed by atoms with E-state index in [0.717, 1.165) is 0 Å². The zero-order valence-corrected chi connectivity index (χ0v) is 6.52. The highest BCUT2D eigenvalue weighted by Gasteiger charge is 1.92. The van der Waals surface area contributed by atoms with Gasteiger partial charge in [-0.25, -0.2) is 8.42 Å². The van der Waals surface area contributed by atoms with Gasteiger partial charge >= 0.3 is 0 Å². The molecule has 1 aromatic carbocycles. The maximum absolute atomic E-state index is 10.3. The Morgan fingerprint density at radius 1 is 1.40 bits per heavy atom. The van der Waals surface area contributed by atoms with Crippen molar-refractivity contribution in [2.75, 3.05) is 0 Å². The van der Waals surface area contributed by atoms with E-state index in [0.29, 0.717) is 5.02 Å². The van der Waals surface area contributed by atoms with Gasteiger partial charge in [0, 0.05) is 11.1 Å². The van der Waals surface area contributed by atoms with E-state index in [9.17, 15) is 8.42 Å². The Bertz CT molecular complexity index is 281. The molecule has 10 heavy (non-hydrogen) atoms. The van der Waals surface area contributed by atoms with E-state index in [-0.39, 0.29) is 4.90 Å². The summed E-state index contributed by atoms with van der Waals surface area (Å²) in [5, 5.41) is 0.487. The summed E-state index contributed by atoms with van der Waals surface area (Å²) in [4.78, 5) is 0.166. The summed E-state index contributed by atoms with van der Waals surface area (Å²) >= 11 is 5.49. The summed E-state index contributed by atoms with van der Waals surface area (Å²) < 4.78 is 20.5. The zero-order valence-electron chi connectivity index (χ0n) is 4.87. The van der Waals surface area contributed by atoms with Crippen LogP contribution in [0.25, 0.3) is 0 Å². The molecule has 0 bridgehead atoms. The first-order chi connectivity index (χ1) is 4.70. The maximum atomic E-state index is 10.3. The standard InChI is InChI=1S/C6H4ClO2S/c7-5-1-3-6(4-2-5)10(8)9/h1-3,10H. The molecule has 0 aliphatic rings. The smallest absolute Gasteiger partial charge is 0.168 e. The van der Waals surface area contributed by atoms with Crippen LogP contribution in [0.1, 0.15) is 0 Å². The summed E-state index contributed by atoms with van der Waals surface area (Å²) in [5.74, 6) is 0. The summed E-state index contributed by atoms with van der Waals surface area (Å²) in [5.41, 5.74) is 0. The summed E-state index contributed by atoms with van der Waals surface area (Å²) in [7, 11) is -2.52. The first kappa shape index (κ1) is 7.57. The second-order valence-corrected chi connectivity index (χ2v) is 3.08. The number of halogens is 1. The van der Waals surface area contributed by atoms with E-state index >= 15 is 0 Å². The van der Waals surface area contributed by atoms with E-state index < -0.39 is 10.7 Å². The van der Waals surface area contributed by atoms with Gasteiger partial charge in [0.25, 0.3) is 0 Å². The monoisotopic (exact) mass is 175 g/mol. The van der Waals surface area contributed by atoms with Gasteiger partial charge in [0.05, 0.1) is 4.90 Å². The molecular formula is C6H4ClO2S. The van der Waals surface area contributed by atoms with Crippen molar-refractivity contribution in [3.63, 3.8) is 0 Å². The Labute approximate surface area is 65.4 Å². The minimum absolute atomic E-state index is 0.166. The Morgan fingerprint density at radius 2 is 2.10 bits per heavy atom. The predicted molar refractivity (Wildman–Crippen MR) is 38.9 cm³/mol. The van der Waals surface area contributed by atoms with Gasteiger partial charge < -0.3 is 0 Å². The van der Waals surface area contributed by atoms with Crippen molar-refractivity contribution < 1.29 is 8.42 Å². The Morgan fingerprint density at radius 3 is 2.50 bits per heavy atom. The lowest BCUT2D eigenvalue weighted by Gasteiger charge is -1.87. The van der Waals surface area contributed by atoms with Crippen molar-refractivity contribution in [3.05, 3.63) is 29.3 Å². The van der Waals surface area contributed by atoms with Crippen LogP contribution in [0.3, 0.4) is 0 Å². The van der Waals surface area contributed by atoms with Crippen molar-refractivity contribution in [1.29, 1.82) is 0 Å². The minimum Gasteiger partial charge on any atom is -0.227 e. The summed E-state index contributed by atoms with van der Waals surface area (Å²) in [6.45, 7) is 0. The number of thiol groups is 1. The average Bonchev–Trinajstić information content (AvgIpc) is 1.88. The van der Waals surface area contributed by atoms with Gasteiger partial charge in [0.2, 0.25) is 0 Å². The lowest BCUT2D eigenvalue weighted by Crippen LogP contribution is -1.77. The van der Waals surface area contributed by atoms with Crippen LogP contribution in [0.15, 0.2) is 23.1 Å². The average molecular weight is 176 g/mol. The first-order valence-electron chi connectivity index (χ1n) is 2.52. The molecule has 0 aliphatic carbocycles. The fourth-order valence-corrected chi connectivity index (χ4v) is 0.995. The van der Waals surface area contributed by atoms with Crippen LogP contribution < -0.4 is 0 Å². The van der Waals surface area contributed by atoms with Crippen LogP contribution in [0, 0.1) is 6.07 Å². The number of rotatable bonds is 1. The number of hydrogen-bond acceptors (Lipinski definition) is 2. The predicted octanol–water partition coefficient (Wildman–Crippen LogP) is 1.11. The number of benzene rings is 1. The lowest BCUT2D eigenvalue weighted by atomic mass is 10.4. The first-order valence-corrected chi connectivity index (χ1v) is 4.07. The molecule has 0 N–H and O–H groups in total. The molecule has 0 amide bonds. The van der Waals surface area contributed by atoms with Crippen LogP contribution in [0.2, 0.25) is 5.02 Å². The van der Waals surface area contributed by atoms with Gasteiger partial charge in [0.1, 0.15) is 0 Å². The quantitative estimate of drug-likeness (QED) is 0.649. The molecule has 0 saturated carbocycles. The second kappa shape index (κ2) is 3.03. The molecular weight excluding hydrogens is 172 g/mol. The molecule has 1 rings (SSSR count). The van der Waals surface area contributed by atoms with Crippen molar-refractivity contribution >= 4 is 22.3 Å². The molecule has 0 unspecified atom stereocenters. The van der Waals surface area contributed by atoms with E-state index in [4.69, 9.17) is 11.6 Å². The van der Waals surface area contributed by atoms with E-state index in [2.05, 4.69) is 6.07 Å². The van der Waals surface area contributed by atoms with E-state index in [1.54, 1.807) is 0 Å². The third-order valence-electron chi connectivity index (χ3n) is 0.955. The van der Waals surface area contributed by atoms with Crippen molar-refractivity contribution in [2.24, 2.45) is 0 Å². The van der Waals surface area contributed by atoms with Gasteiger partial charge in [0.15, 0.2) is 10.7 Å². The summed E-state index contributed by atoms with van der Waals surface area (Å²) in [6.07, 6.45) is 0. The van der Waals surface area contributed by atoms with Gasteiger partial charge in [-0.15, -0.1) is 0 Å². The summed E-state index contributed by atoms with van der Waals surface area (Å²) in [6, 6.07) is 6.85. The topological polar surface area (TPSA) is 34.1 Å². The molecule has 0 atom stereocenters. The van der Waals surface area contributed by atoms with Crippen molar-refractivity contribution in [3.8, 4) is 0 Å².